The molecule has 1 aromatic carbocycles. The summed E-state index contributed by atoms with van der Waals surface area (Å²) in [4.78, 5) is 20.8. The van der Waals surface area contributed by atoms with Gasteiger partial charge in [0.2, 0.25) is 0 Å². The molecule has 0 spiro atoms. The van der Waals surface area contributed by atoms with Crippen LogP contribution in [0.2, 0.25) is 0 Å². The van der Waals surface area contributed by atoms with Gasteiger partial charge in [-0.3, -0.25) is 9.59 Å². The van der Waals surface area contributed by atoms with E-state index in [1.165, 1.54) is 6.08 Å². The predicted molar refractivity (Wildman–Crippen MR) is 73.1 cm³/mol. The third-order valence-electron chi connectivity index (χ3n) is 1.88. The van der Waals surface area contributed by atoms with E-state index in [2.05, 4.69) is 19.2 Å². The van der Waals surface area contributed by atoms with Gasteiger partial charge < -0.3 is 10.2 Å². The first-order valence-corrected chi connectivity index (χ1v) is 5.88. The van der Waals surface area contributed by atoms with E-state index in [0.29, 0.717) is 11.3 Å². The quantitative estimate of drug-likeness (QED) is 0.432. The summed E-state index contributed by atoms with van der Waals surface area (Å²) in [5, 5.41) is 17.0. The molecule has 1 aromatic rings. The van der Waals surface area contributed by atoms with Gasteiger partial charge in [-0.15, -0.1) is 6.58 Å². The lowest BCUT2D eigenvalue weighted by atomic mass is 10.1. The summed E-state index contributed by atoms with van der Waals surface area (Å²) in [7, 11) is 0. The van der Waals surface area contributed by atoms with Crippen LogP contribution in [-0.4, -0.2) is 33.8 Å². The average Bonchev–Trinajstić information content (AvgIpc) is 2.38. The van der Waals surface area contributed by atoms with E-state index in [1.807, 2.05) is 6.07 Å². The largest absolute Gasteiger partial charge is 0.481 e. The number of benzene rings is 1. The summed E-state index contributed by atoms with van der Waals surface area (Å²) in [5.41, 5.74) is 0.505. The van der Waals surface area contributed by atoms with E-state index in [0.717, 1.165) is 0 Å². The highest BCUT2D eigenvalue weighted by atomic mass is 32.1. The molecule has 0 aliphatic carbocycles. The molecule has 0 fully saturated rings. The summed E-state index contributed by atoms with van der Waals surface area (Å²) in [5.74, 6) is -0.675. The van der Waals surface area contributed by atoms with Crippen molar-refractivity contribution in [3.8, 4) is 0 Å². The standard InChI is InChI=1S/C10H10O2.C3H6O2S/c1-2-9(11)10(12)8-6-4-3-5-7-8;4-3(5)1-2-6/h2-7,9,11H,1H2;6H,1-2H2,(H,4,5). The van der Waals surface area contributed by atoms with Crippen molar-refractivity contribution in [2.75, 3.05) is 5.75 Å². The number of aliphatic hydroxyl groups is 1. The number of Topliss-reactive ketones (excluding diaryl/α,β-unsaturated/α-hetero) is 1. The van der Waals surface area contributed by atoms with Crippen molar-refractivity contribution in [3.05, 3.63) is 48.6 Å². The molecule has 5 heteroatoms. The summed E-state index contributed by atoms with van der Waals surface area (Å²) in [6.07, 6.45) is 0.283. The van der Waals surface area contributed by atoms with Crippen molar-refractivity contribution in [1.29, 1.82) is 0 Å². The maximum atomic E-state index is 11.3. The van der Waals surface area contributed by atoms with Gasteiger partial charge in [0.1, 0.15) is 6.10 Å². The summed E-state index contributed by atoms with van der Waals surface area (Å²) < 4.78 is 0. The van der Waals surface area contributed by atoms with Gasteiger partial charge in [0, 0.05) is 11.3 Å². The monoisotopic (exact) mass is 268 g/mol. The van der Waals surface area contributed by atoms with Crippen LogP contribution < -0.4 is 0 Å². The fourth-order valence-electron chi connectivity index (χ4n) is 0.976. The molecule has 0 radical (unpaired) electrons. The summed E-state index contributed by atoms with van der Waals surface area (Å²) in [6, 6.07) is 8.65. The van der Waals surface area contributed by atoms with Crippen molar-refractivity contribution in [2.24, 2.45) is 0 Å². The molecule has 0 aliphatic heterocycles. The fourth-order valence-corrected chi connectivity index (χ4v) is 1.17. The molecule has 18 heavy (non-hydrogen) atoms. The summed E-state index contributed by atoms with van der Waals surface area (Å²) in [6.45, 7) is 3.34. The van der Waals surface area contributed by atoms with Crippen LogP contribution in [0.4, 0.5) is 0 Å². The van der Waals surface area contributed by atoms with Gasteiger partial charge in [-0.25, -0.2) is 0 Å². The van der Waals surface area contributed by atoms with Crippen LogP contribution >= 0.6 is 12.6 Å². The number of aliphatic carboxylic acids is 1. The minimum absolute atomic E-state index is 0.156. The van der Waals surface area contributed by atoms with Gasteiger partial charge in [-0.1, -0.05) is 36.4 Å². The van der Waals surface area contributed by atoms with E-state index >= 15 is 0 Å². The number of aliphatic hydroxyl groups excluding tert-OH is 1. The maximum absolute atomic E-state index is 11.3. The Bertz CT molecular complexity index is 389. The number of hydrogen-bond donors (Lipinski definition) is 3. The minimum Gasteiger partial charge on any atom is -0.481 e. The van der Waals surface area contributed by atoms with E-state index in [4.69, 9.17) is 10.2 Å². The fraction of sp³-hybridized carbons (Fsp3) is 0.231. The first kappa shape index (κ1) is 16.4. The zero-order chi connectivity index (χ0) is 14.0. The molecule has 4 nitrogen and oxygen atoms in total. The third-order valence-corrected chi connectivity index (χ3v) is 2.10. The highest BCUT2D eigenvalue weighted by Gasteiger charge is 2.11. The Kier molecular flexibility index (Phi) is 8.61. The Hall–Kier alpha value is -1.59. The molecule has 0 aromatic heterocycles. The first-order valence-electron chi connectivity index (χ1n) is 5.25. The average molecular weight is 268 g/mol. The lowest BCUT2D eigenvalue weighted by molar-refractivity contribution is -0.136. The second-order valence-electron chi connectivity index (χ2n) is 3.28. The smallest absolute Gasteiger partial charge is 0.304 e. The molecule has 0 bridgehead atoms. The number of carboxylic acid groups (broad SMARTS) is 1. The maximum Gasteiger partial charge on any atom is 0.304 e. The van der Waals surface area contributed by atoms with Crippen molar-refractivity contribution < 1.29 is 19.8 Å². The zero-order valence-electron chi connectivity index (χ0n) is 9.82. The molecule has 1 atom stereocenters. The van der Waals surface area contributed by atoms with E-state index in [9.17, 15) is 9.59 Å². The molecule has 0 saturated carbocycles. The summed E-state index contributed by atoms with van der Waals surface area (Å²) >= 11 is 3.68. The number of hydrogen-bond acceptors (Lipinski definition) is 4. The number of ketones is 1. The minimum atomic E-state index is -1.09. The van der Waals surface area contributed by atoms with Crippen LogP contribution in [0, 0.1) is 0 Å². The van der Waals surface area contributed by atoms with Gasteiger partial charge in [-0.2, -0.15) is 12.6 Å². The van der Waals surface area contributed by atoms with Gasteiger partial charge in [0.25, 0.3) is 0 Å². The molecular formula is C13H16O4S. The van der Waals surface area contributed by atoms with Crippen LogP contribution in [0.15, 0.2) is 43.0 Å². The highest BCUT2D eigenvalue weighted by Crippen LogP contribution is 2.03. The van der Waals surface area contributed by atoms with Crippen molar-refractivity contribution in [3.63, 3.8) is 0 Å². The van der Waals surface area contributed by atoms with Gasteiger partial charge in [0.05, 0.1) is 6.42 Å². The Labute approximate surface area is 111 Å². The number of thiol groups is 1. The lowest BCUT2D eigenvalue weighted by Gasteiger charge is -2.02. The molecule has 0 heterocycles. The molecule has 1 unspecified atom stereocenters. The molecule has 98 valence electrons. The Morgan fingerprint density at radius 1 is 1.33 bits per heavy atom. The van der Waals surface area contributed by atoms with E-state index in [1.54, 1.807) is 24.3 Å². The van der Waals surface area contributed by atoms with Crippen molar-refractivity contribution >= 4 is 24.4 Å². The second kappa shape index (κ2) is 9.44. The number of carbonyl (C=O) groups excluding carboxylic acids is 1. The first-order chi connectivity index (χ1) is 8.52. The van der Waals surface area contributed by atoms with Gasteiger partial charge in [-0.05, 0) is 0 Å². The highest BCUT2D eigenvalue weighted by molar-refractivity contribution is 7.80. The van der Waals surface area contributed by atoms with Crippen LogP contribution in [0.5, 0.6) is 0 Å². The normalized spacial score (nSPS) is 10.8. The van der Waals surface area contributed by atoms with Crippen LogP contribution in [-0.2, 0) is 4.79 Å². The Morgan fingerprint density at radius 3 is 2.22 bits per heavy atom. The molecule has 0 saturated heterocycles. The second-order valence-corrected chi connectivity index (χ2v) is 3.73. The molecule has 1 rings (SSSR count). The molecule has 0 amide bonds. The van der Waals surface area contributed by atoms with Crippen LogP contribution in [0.25, 0.3) is 0 Å². The van der Waals surface area contributed by atoms with Crippen LogP contribution in [0.3, 0.4) is 0 Å². The van der Waals surface area contributed by atoms with Crippen LogP contribution in [0.1, 0.15) is 16.8 Å². The predicted octanol–water partition coefficient (Wildman–Crippen LogP) is 1.81. The Balaban J connectivity index is 0.000000411. The van der Waals surface area contributed by atoms with E-state index < -0.39 is 12.1 Å². The lowest BCUT2D eigenvalue weighted by Crippen LogP contribution is -2.16. The van der Waals surface area contributed by atoms with Gasteiger partial charge >= 0.3 is 5.97 Å². The number of carboxylic acids is 1. The third kappa shape index (κ3) is 6.88. The molecule has 0 aliphatic rings. The molecule has 2 N–H and O–H groups in total. The van der Waals surface area contributed by atoms with Gasteiger partial charge in [0.15, 0.2) is 5.78 Å². The Morgan fingerprint density at radius 2 is 1.89 bits per heavy atom. The molecular weight excluding hydrogens is 252 g/mol. The topological polar surface area (TPSA) is 74.6 Å². The van der Waals surface area contributed by atoms with Crippen molar-refractivity contribution in [2.45, 2.75) is 12.5 Å². The SMILES string of the molecule is C=CC(O)C(=O)c1ccccc1.O=C(O)CCS. The number of rotatable bonds is 5. The zero-order valence-corrected chi connectivity index (χ0v) is 10.7. The van der Waals surface area contributed by atoms with Crippen molar-refractivity contribution in [1.82, 2.24) is 0 Å². The van der Waals surface area contributed by atoms with E-state index in [-0.39, 0.29) is 12.2 Å². The number of carbonyl (C=O) groups is 2.